The SMILES string of the molecule is CC1CCCN(C(=N)N(CCCN)c2ccc(OCc3ccc(C(C)(C)C)cc3)cc2)C1. The zero-order valence-electron chi connectivity index (χ0n) is 20.2. The van der Waals surface area contributed by atoms with Gasteiger partial charge < -0.3 is 20.3 Å². The molecule has 32 heavy (non-hydrogen) atoms. The van der Waals surface area contributed by atoms with Crippen molar-refractivity contribution in [2.75, 3.05) is 31.1 Å². The van der Waals surface area contributed by atoms with Crippen LogP contribution in [0.5, 0.6) is 5.75 Å². The molecular weight excluding hydrogens is 396 g/mol. The Balaban J connectivity index is 1.64. The lowest BCUT2D eigenvalue weighted by molar-refractivity contribution is 0.268. The van der Waals surface area contributed by atoms with Crippen LogP contribution < -0.4 is 15.4 Å². The molecular formula is C27H40N4O. The van der Waals surface area contributed by atoms with Crippen LogP contribution in [0.15, 0.2) is 48.5 Å². The molecule has 0 spiro atoms. The summed E-state index contributed by atoms with van der Waals surface area (Å²) in [5, 5.41) is 8.83. The van der Waals surface area contributed by atoms with Crippen molar-refractivity contribution in [3.05, 3.63) is 59.7 Å². The van der Waals surface area contributed by atoms with Crippen LogP contribution in [0.2, 0.25) is 0 Å². The number of likely N-dealkylation sites (tertiary alicyclic amines) is 1. The maximum Gasteiger partial charge on any atom is 0.198 e. The van der Waals surface area contributed by atoms with Gasteiger partial charge in [0.15, 0.2) is 5.96 Å². The molecule has 1 atom stereocenters. The van der Waals surface area contributed by atoms with Gasteiger partial charge in [-0.15, -0.1) is 0 Å². The highest BCUT2D eigenvalue weighted by Crippen LogP contribution is 2.25. The molecule has 174 valence electrons. The summed E-state index contributed by atoms with van der Waals surface area (Å²) in [5.41, 5.74) is 9.44. The number of nitrogens with two attached hydrogens (primary N) is 1. The molecule has 2 aromatic rings. The fraction of sp³-hybridized carbons (Fsp3) is 0.519. The Bertz CT molecular complexity index is 855. The summed E-state index contributed by atoms with van der Waals surface area (Å²) in [6, 6.07) is 16.8. The minimum atomic E-state index is 0.158. The summed E-state index contributed by atoms with van der Waals surface area (Å²) in [7, 11) is 0. The largest absolute Gasteiger partial charge is 0.489 e. The maximum absolute atomic E-state index is 8.83. The van der Waals surface area contributed by atoms with Crippen LogP contribution in [0.25, 0.3) is 0 Å². The quantitative estimate of drug-likeness (QED) is 0.451. The molecule has 1 fully saturated rings. The van der Waals surface area contributed by atoms with E-state index in [0.717, 1.165) is 49.5 Å². The predicted molar refractivity (Wildman–Crippen MR) is 135 cm³/mol. The third-order valence-corrected chi connectivity index (χ3v) is 6.17. The van der Waals surface area contributed by atoms with E-state index in [9.17, 15) is 0 Å². The molecule has 1 saturated heterocycles. The van der Waals surface area contributed by atoms with E-state index in [-0.39, 0.29) is 5.41 Å². The Kier molecular flexibility index (Phi) is 8.19. The number of nitrogens with zero attached hydrogens (tertiary/aromatic N) is 2. The van der Waals surface area contributed by atoms with Gasteiger partial charge in [0, 0.05) is 25.3 Å². The number of hydrogen-bond donors (Lipinski definition) is 2. The van der Waals surface area contributed by atoms with Gasteiger partial charge in [0.05, 0.1) is 0 Å². The van der Waals surface area contributed by atoms with Gasteiger partial charge in [0.2, 0.25) is 0 Å². The second-order valence-corrected chi connectivity index (χ2v) is 10.0. The molecule has 3 rings (SSSR count). The summed E-state index contributed by atoms with van der Waals surface area (Å²) in [5.74, 6) is 2.05. The van der Waals surface area contributed by atoms with Gasteiger partial charge in [-0.1, -0.05) is 52.0 Å². The van der Waals surface area contributed by atoms with Crippen molar-refractivity contribution >= 4 is 11.6 Å². The molecule has 0 saturated carbocycles. The number of ether oxygens (including phenoxy) is 1. The highest BCUT2D eigenvalue weighted by Gasteiger charge is 2.23. The van der Waals surface area contributed by atoms with Crippen molar-refractivity contribution in [2.45, 2.75) is 59.0 Å². The molecule has 0 bridgehead atoms. The number of piperidine rings is 1. The predicted octanol–water partition coefficient (Wildman–Crippen LogP) is 5.38. The van der Waals surface area contributed by atoms with Gasteiger partial charge in [-0.2, -0.15) is 0 Å². The average Bonchev–Trinajstić information content (AvgIpc) is 2.78. The Hall–Kier alpha value is -2.53. The van der Waals surface area contributed by atoms with E-state index < -0.39 is 0 Å². The van der Waals surface area contributed by atoms with E-state index in [1.807, 2.05) is 12.1 Å². The van der Waals surface area contributed by atoms with E-state index in [1.54, 1.807) is 0 Å². The Morgan fingerprint density at radius 3 is 2.41 bits per heavy atom. The van der Waals surface area contributed by atoms with Gasteiger partial charge in [0.25, 0.3) is 0 Å². The van der Waals surface area contributed by atoms with Gasteiger partial charge >= 0.3 is 0 Å². The smallest absolute Gasteiger partial charge is 0.198 e. The second kappa shape index (κ2) is 10.9. The monoisotopic (exact) mass is 436 g/mol. The summed E-state index contributed by atoms with van der Waals surface area (Å²) in [6.45, 7) is 12.8. The van der Waals surface area contributed by atoms with Gasteiger partial charge in [-0.25, -0.2) is 0 Å². The van der Waals surface area contributed by atoms with Gasteiger partial charge in [-0.05, 0) is 72.5 Å². The third kappa shape index (κ3) is 6.49. The fourth-order valence-corrected chi connectivity index (χ4v) is 4.15. The van der Waals surface area contributed by atoms with E-state index in [4.69, 9.17) is 15.9 Å². The molecule has 1 aliphatic heterocycles. The lowest BCUT2D eigenvalue weighted by Gasteiger charge is -2.38. The van der Waals surface area contributed by atoms with Gasteiger partial charge in [-0.3, -0.25) is 5.41 Å². The first-order valence-corrected chi connectivity index (χ1v) is 11.9. The van der Waals surface area contributed by atoms with Crippen molar-refractivity contribution in [3.8, 4) is 5.75 Å². The molecule has 0 aromatic heterocycles. The van der Waals surface area contributed by atoms with Crippen LogP contribution in [0.1, 0.15) is 58.1 Å². The summed E-state index contributed by atoms with van der Waals surface area (Å²) in [6.07, 6.45) is 3.25. The number of guanidine groups is 1. The maximum atomic E-state index is 8.83. The van der Waals surface area contributed by atoms with Crippen molar-refractivity contribution in [1.29, 1.82) is 5.41 Å². The van der Waals surface area contributed by atoms with Crippen LogP contribution in [-0.4, -0.2) is 37.0 Å². The number of hydrogen-bond acceptors (Lipinski definition) is 3. The van der Waals surface area contributed by atoms with E-state index in [1.165, 1.54) is 12.0 Å². The van der Waals surface area contributed by atoms with Crippen molar-refractivity contribution in [2.24, 2.45) is 11.7 Å². The molecule has 0 amide bonds. The third-order valence-electron chi connectivity index (χ3n) is 6.17. The van der Waals surface area contributed by atoms with Crippen molar-refractivity contribution < 1.29 is 4.74 Å². The number of anilines is 1. The summed E-state index contributed by atoms with van der Waals surface area (Å²) in [4.78, 5) is 4.29. The normalized spacial score (nSPS) is 16.7. The Morgan fingerprint density at radius 2 is 1.81 bits per heavy atom. The summed E-state index contributed by atoms with van der Waals surface area (Å²) < 4.78 is 6.02. The molecule has 1 heterocycles. The molecule has 0 radical (unpaired) electrons. The van der Waals surface area contributed by atoms with E-state index in [2.05, 4.69) is 73.9 Å². The van der Waals surface area contributed by atoms with Crippen molar-refractivity contribution in [1.82, 2.24) is 4.90 Å². The first-order valence-electron chi connectivity index (χ1n) is 11.9. The average molecular weight is 437 g/mol. The molecule has 1 aliphatic rings. The van der Waals surface area contributed by atoms with Crippen LogP contribution >= 0.6 is 0 Å². The second-order valence-electron chi connectivity index (χ2n) is 10.0. The minimum absolute atomic E-state index is 0.158. The molecule has 1 unspecified atom stereocenters. The lowest BCUT2D eigenvalue weighted by atomic mass is 9.87. The highest BCUT2D eigenvalue weighted by atomic mass is 16.5. The number of benzene rings is 2. The van der Waals surface area contributed by atoms with Crippen LogP contribution in [0, 0.1) is 11.3 Å². The molecule has 3 N–H and O–H groups in total. The van der Waals surface area contributed by atoms with E-state index in [0.29, 0.717) is 25.0 Å². The first kappa shape index (κ1) is 24.1. The van der Waals surface area contributed by atoms with Crippen LogP contribution in [-0.2, 0) is 12.0 Å². The van der Waals surface area contributed by atoms with Gasteiger partial charge in [0.1, 0.15) is 12.4 Å². The zero-order chi connectivity index (χ0) is 23.1. The summed E-state index contributed by atoms with van der Waals surface area (Å²) >= 11 is 0. The number of rotatable bonds is 7. The zero-order valence-corrected chi connectivity index (χ0v) is 20.2. The standard InChI is InChI=1S/C27H40N4O/c1-21-7-5-17-30(19-21)26(29)31(18-6-16-28)24-12-14-25(15-13-24)32-20-22-8-10-23(11-9-22)27(2,3)4/h8-15,21,29H,5-7,16-20,28H2,1-4H3. The Labute approximate surface area is 194 Å². The fourth-order valence-electron chi connectivity index (χ4n) is 4.15. The minimum Gasteiger partial charge on any atom is -0.489 e. The topological polar surface area (TPSA) is 65.6 Å². The molecule has 2 aromatic carbocycles. The van der Waals surface area contributed by atoms with E-state index >= 15 is 0 Å². The lowest BCUT2D eigenvalue weighted by Crippen LogP contribution is -2.48. The molecule has 5 nitrogen and oxygen atoms in total. The van der Waals surface area contributed by atoms with Crippen LogP contribution in [0.3, 0.4) is 0 Å². The van der Waals surface area contributed by atoms with Crippen molar-refractivity contribution in [3.63, 3.8) is 0 Å². The molecule has 0 aliphatic carbocycles. The Morgan fingerprint density at radius 1 is 1.12 bits per heavy atom. The molecule has 5 heteroatoms. The van der Waals surface area contributed by atoms with Crippen LogP contribution in [0.4, 0.5) is 5.69 Å². The first-order chi connectivity index (χ1) is 15.3. The highest BCUT2D eigenvalue weighted by molar-refractivity contribution is 5.94. The number of nitrogens with one attached hydrogen (secondary N) is 1.